The van der Waals surface area contributed by atoms with Crippen LogP contribution >= 0.6 is 23.5 Å². The molecule has 1 N–H and O–H groups in total. The van der Waals surface area contributed by atoms with Gasteiger partial charge < -0.3 is 9.84 Å². The van der Waals surface area contributed by atoms with Crippen LogP contribution in [0.1, 0.15) is 52.9 Å². The second-order valence-corrected chi connectivity index (χ2v) is 12.2. The molecule has 0 heterocycles. The van der Waals surface area contributed by atoms with Gasteiger partial charge in [0.05, 0.1) is 10.0 Å². The molecule has 0 aromatic rings. The zero-order chi connectivity index (χ0) is 21.9. The van der Waals surface area contributed by atoms with E-state index in [9.17, 15) is 14.7 Å². The van der Waals surface area contributed by atoms with Crippen LogP contribution in [0.2, 0.25) is 0 Å². The molecule has 0 saturated heterocycles. The second kappa shape index (κ2) is 7.38. The lowest BCUT2D eigenvalue weighted by atomic mass is 9.46. The molecular weight excluding hydrogens is 423 g/mol. The fourth-order valence-corrected chi connectivity index (χ4v) is 9.87. The molecule has 4 aliphatic rings. The number of hydrogen-bond donors (Lipinski definition) is 1. The van der Waals surface area contributed by atoms with Crippen LogP contribution in [0.3, 0.4) is 0 Å². The minimum atomic E-state index is -1.76. The molecule has 0 radical (unpaired) electrons. The summed E-state index contributed by atoms with van der Waals surface area (Å²) in [6.07, 6.45) is 9.47. The Labute approximate surface area is 186 Å². The monoisotopic (exact) mass is 454 g/mol. The Kier molecular flexibility index (Phi) is 5.51. The highest BCUT2D eigenvalue weighted by molar-refractivity contribution is 8.17. The Balaban J connectivity index is 1.85. The van der Waals surface area contributed by atoms with Crippen LogP contribution in [0.4, 0.5) is 4.39 Å². The van der Waals surface area contributed by atoms with E-state index < -0.39 is 23.2 Å². The molecule has 166 valence electrons. The first-order chi connectivity index (χ1) is 14.1. The van der Waals surface area contributed by atoms with Crippen molar-refractivity contribution in [1.29, 1.82) is 0 Å². The maximum Gasteiger partial charge on any atom is 0.303 e. The third-order valence-corrected chi connectivity index (χ3v) is 12.0. The number of ether oxygens (including phenoxy) is 1. The van der Waals surface area contributed by atoms with E-state index >= 15 is 4.39 Å². The molecule has 0 amide bonds. The predicted octanol–water partition coefficient (Wildman–Crippen LogP) is 4.67. The highest BCUT2D eigenvalue weighted by atomic mass is 32.2. The van der Waals surface area contributed by atoms with Crippen molar-refractivity contribution in [3.8, 4) is 0 Å². The second-order valence-electron chi connectivity index (χ2n) is 9.62. The lowest BCUT2D eigenvalue weighted by Gasteiger charge is -2.63. The number of hydrogen-bond acceptors (Lipinski definition) is 6. The Morgan fingerprint density at radius 2 is 2.07 bits per heavy atom. The molecule has 4 aliphatic carbocycles. The van der Waals surface area contributed by atoms with Crippen molar-refractivity contribution >= 4 is 35.3 Å². The van der Waals surface area contributed by atoms with Crippen molar-refractivity contribution in [3.05, 3.63) is 23.8 Å². The number of aliphatic hydroxyl groups is 1. The summed E-state index contributed by atoms with van der Waals surface area (Å²) in [7, 11) is 0. The molecule has 4 nitrogen and oxygen atoms in total. The maximum absolute atomic E-state index is 17.5. The van der Waals surface area contributed by atoms with Gasteiger partial charge in [0.15, 0.2) is 11.5 Å². The van der Waals surface area contributed by atoms with Gasteiger partial charge in [0.1, 0.15) is 6.10 Å². The van der Waals surface area contributed by atoms with E-state index in [-0.39, 0.29) is 33.1 Å². The van der Waals surface area contributed by atoms with Gasteiger partial charge in [-0.15, -0.1) is 23.5 Å². The number of fused-ring (bicyclic) bond motifs is 5. The average Bonchev–Trinajstić information content (AvgIpc) is 2.96. The number of halogens is 1. The van der Waals surface area contributed by atoms with Crippen LogP contribution < -0.4 is 0 Å². The average molecular weight is 455 g/mol. The predicted molar refractivity (Wildman–Crippen MR) is 119 cm³/mol. The molecule has 2 unspecified atom stereocenters. The largest absolute Gasteiger partial charge is 0.459 e. The minimum Gasteiger partial charge on any atom is -0.459 e. The van der Waals surface area contributed by atoms with Crippen LogP contribution in [0.25, 0.3) is 0 Å². The van der Waals surface area contributed by atoms with Crippen LogP contribution in [0.15, 0.2) is 23.8 Å². The summed E-state index contributed by atoms with van der Waals surface area (Å²) in [6.45, 7) is 5.41. The van der Waals surface area contributed by atoms with Crippen molar-refractivity contribution < 1.29 is 23.8 Å². The smallest absolute Gasteiger partial charge is 0.303 e. The number of thioether (sulfide) groups is 2. The van der Waals surface area contributed by atoms with Gasteiger partial charge in [0.25, 0.3) is 0 Å². The highest BCUT2D eigenvalue weighted by Gasteiger charge is 2.74. The number of ketones is 1. The highest BCUT2D eigenvalue weighted by Crippen LogP contribution is 2.74. The van der Waals surface area contributed by atoms with E-state index in [1.54, 1.807) is 23.9 Å². The standard InChI is InChI=1S/C23H31FO4S2/c1-14(26)28-19-12-21(3)17(8-10-22(21,29-4)30-13-25)18-6-5-15-11-16(27)7-9-20(15,2)23(18,19)24/h7,9,11,17-19,25H,5-6,8,10,12-13H2,1-4H3/t17-,18-,19-,20-,21-,22?,23?/m0/s1. The topological polar surface area (TPSA) is 63.6 Å². The third kappa shape index (κ3) is 2.77. The molecule has 0 bridgehead atoms. The van der Waals surface area contributed by atoms with Crippen LogP contribution in [0, 0.1) is 22.7 Å². The Hall–Kier alpha value is -0.790. The maximum atomic E-state index is 17.5. The van der Waals surface area contributed by atoms with E-state index in [0.717, 1.165) is 18.4 Å². The normalized spacial score (nSPS) is 47.2. The molecule has 3 saturated carbocycles. The summed E-state index contributed by atoms with van der Waals surface area (Å²) in [5.41, 5.74) is -2.18. The number of aliphatic hydroxyl groups excluding tert-OH is 1. The molecular formula is C23H31FO4S2. The van der Waals surface area contributed by atoms with E-state index in [4.69, 9.17) is 4.74 Å². The number of rotatable bonds is 4. The zero-order valence-corrected chi connectivity index (χ0v) is 19.7. The number of carbonyl (C=O) groups excluding carboxylic acids is 2. The van der Waals surface area contributed by atoms with Gasteiger partial charge in [0.2, 0.25) is 0 Å². The van der Waals surface area contributed by atoms with Crippen LogP contribution in [0.5, 0.6) is 0 Å². The summed E-state index contributed by atoms with van der Waals surface area (Å²) in [6, 6.07) is 0. The van der Waals surface area contributed by atoms with Gasteiger partial charge in [-0.05, 0) is 68.8 Å². The van der Waals surface area contributed by atoms with E-state index in [0.29, 0.717) is 19.3 Å². The fraction of sp³-hybridized carbons (Fsp3) is 0.739. The van der Waals surface area contributed by atoms with Gasteiger partial charge in [-0.3, -0.25) is 9.59 Å². The van der Waals surface area contributed by atoms with Crippen molar-refractivity contribution in [2.24, 2.45) is 22.7 Å². The molecule has 0 aliphatic heterocycles. The van der Waals surface area contributed by atoms with Crippen molar-refractivity contribution in [3.63, 3.8) is 0 Å². The van der Waals surface area contributed by atoms with Crippen molar-refractivity contribution in [2.45, 2.75) is 68.7 Å². The van der Waals surface area contributed by atoms with E-state index in [2.05, 4.69) is 13.2 Å². The summed E-state index contributed by atoms with van der Waals surface area (Å²) < 4.78 is 23.0. The Bertz CT molecular complexity index is 828. The SMILES string of the molecule is CSC1(SCO)CC[C@H]2[C@@H]3CCC4=CC(=O)C=C[C@]4(C)C3(F)[C@@H](OC(C)=O)C[C@@]21C. The molecule has 7 atom stereocenters. The van der Waals surface area contributed by atoms with Crippen molar-refractivity contribution in [1.82, 2.24) is 0 Å². The van der Waals surface area contributed by atoms with E-state index in [1.165, 1.54) is 24.8 Å². The van der Waals surface area contributed by atoms with Crippen LogP contribution in [-0.4, -0.2) is 44.9 Å². The van der Waals surface area contributed by atoms with Gasteiger partial charge in [-0.2, -0.15) is 0 Å². The molecule has 7 heteroatoms. The van der Waals surface area contributed by atoms with Crippen molar-refractivity contribution in [2.75, 3.05) is 12.2 Å². The van der Waals surface area contributed by atoms with Gasteiger partial charge in [-0.1, -0.05) is 18.6 Å². The molecule has 0 spiro atoms. The molecule has 30 heavy (non-hydrogen) atoms. The van der Waals surface area contributed by atoms with Gasteiger partial charge >= 0.3 is 5.97 Å². The number of allylic oxidation sites excluding steroid dienone is 4. The summed E-state index contributed by atoms with van der Waals surface area (Å²) in [4.78, 5) is 24.1. The minimum absolute atomic E-state index is 0.0161. The van der Waals surface area contributed by atoms with Gasteiger partial charge in [0, 0.05) is 18.3 Å². The van der Waals surface area contributed by atoms with Gasteiger partial charge in [-0.25, -0.2) is 4.39 Å². The van der Waals surface area contributed by atoms with Crippen LogP contribution in [-0.2, 0) is 14.3 Å². The molecule has 0 aromatic heterocycles. The quantitative estimate of drug-likeness (QED) is 0.492. The number of carbonyl (C=O) groups is 2. The molecule has 4 rings (SSSR count). The number of esters is 1. The molecule has 3 fully saturated rings. The summed E-state index contributed by atoms with van der Waals surface area (Å²) in [5, 5.41) is 9.78. The fourth-order valence-electron chi connectivity index (χ4n) is 7.19. The first-order valence-corrected chi connectivity index (χ1v) is 12.9. The molecule has 0 aromatic carbocycles. The first-order valence-electron chi connectivity index (χ1n) is 10.7. The Morgan fingerprint density at radius 1 is 1.33 bits per heavy atom. The summed E-state index contributed by atoms with van der Waals surface area (Å²) in [5.74, 6) is -0.701. The number of alkyl halides is 1. The van der Waals surface area contributed by atoms with E-state index in [1.807, 2.05) is 6.92 Å². The zero-order valence-electron chi connectivity index (χ0n) is 18.1. The first kappa shape index (κ1) is 22.4. The lowest BCUT2D eigenvalue weighted by molar-refractivity contribution is -0.209. The lowest BCUT2D eigenvalue weighted by Crippen LogP contribution is -2.68. The summed E-state index contributed by atoms with van der Waals surface area (Å²) >= 11 is 3.28. The third-order valence-electron chi connectivity index (χ3n) is 8.60. The Morgan fingerprint density at radius 3 is 2.70 bits per heavy atom.